The molecule has 0 radical (unpaired) electrons. The molecule has 1 unspecified atom stereocenters. The number of hydrogen-bond acceptors (Lipinski definition) is 1. The summed E-state index contributed by atoms with van der Waals surface area (Å²) < 4.78 is 1.06. The fraction of sp³-hybridized carbons (Fsp3) is 0.273. The van der Waals surface area contributed by atoms with E-state index in [-0.39, 0.29) is 6.04 Å². The molecule has 1 nitrogen and oxygen atoms in total. The van der Waals surface area contributed by atoms with E-state index in [1.165, 1.54) is 0 Å². The minimum absolute atomic E-state index is 0.0339. The van der Waals surface area contributed by atoms with Gasteiger partial charge in [-0.2, -0.15) is 0 Å². The van der Waals surface area contributed by atoms with Gasteiger partial charge in [0.1, 0.15) is 0 Å². The van der Waals surface area contributed by atoms with Gasteiger partial charge < -0.3 is 5.73 Å². The van der Waals surface area contributed by atoms with Crippen molar-refractivity contribution in [3.8, 4) is 12.3 Å². The van der Waals surface area contributed by atoms with Crippen LogP contribution in [0, 0.1) is 12.3 Å². The van der Waals surface area contributed by atoms with Gasteiger partial charge >= 0.3 is 0 Å². The minimum atomic E-state index is 0.0339. The Hall–Kier alpha value is -0.780. The van der Waals surface area contributed by atoms with Crippen molar-refractivity contribution in [3.05, 3.63) is 34.3 Å². The Morgan fingerprint density at radius 3 is 2.77 bits per heavy atom. The summed E-state index contributed by atoms with van der Waals surface area (Å²) in [6.07, 6.45) is 6.73. The van der Waals surface area contributed by atoms with Crippen LogP contribution in [0.4, 0.5) is 0 Å². The molecular formula is C11H12BrN. The highest BCUT2D eigenvalue weighted by Crippen LogP contribution is 2.24. The Kier molecular flexibility index (Phi) is 4.01. The van der Waals surface area contributed by atoms with Crippen LogP contribution < -0.4 is 5.73 Å². The normalized spacial score (nSPS) is 12.1. The van der Waals surface area contributed by atoms with Crippen molar-refractivity contribution < 1.29 is 0 Å². The highest BCUT2D eigenvalue weighted by molar-refractivity contribution is 9.10. The molecule has 0 aliphatic rings. The van der Waals surface area contributed by atoms with E-state index < -0.39 is 0 Å². The quantitative estimate of drug-likeness (QED) is 0.805. The van der Waals surface area contributed by atoms with Crippen LogP contribution in [-0.2, 0) is 0 Å². The molecule has 2 N–H and O–H groups in total. The van der Waals surface area contributed by atoms with E-state index in [1.54, 1.807) is 0 Å². The van der Waals surface area contributed by atoms with E-state index >= 15 is 0 Å². The van der Waals surface area contributed by atoms with Crippen LogP contribution in [0.25, 0.3) is 0 Å². The van der Waals surface area contributed by atoms with Crippen molar-refractivity contribution in [1.82, 2.24) is 0 Å². The Labute approximate surface area is 87.5 Å². The van der Waals surface area contributed by atoms with E-state index in [0.717, 1.165) is 22.9 Å². The third kappa shape index (κ3) is 2.87. The summed E-state index contributed by atoms with van der Waals surface area (Å²) in [5.41, 5.74) is 7.08. The molecule has 0 aliphatic carbocycles. The predicted molar refractivity (Wildman–Crippen MR) is 59.1 cm³/mol. The third-order valence-corrected chi connectivity index (χ3v) is 2.63. The first kappa shape index (κ1) is 10.3. The smallest absolute Gasteiger partial charge is 0.0315 e. The standard InChI is InChI=1S/C11H12BrN/c1-2-3-8-11(13)9-6-4-5-7-10(9)12/h1,4-7,11H,3,8,13H2. The molecule has 68 valence electrons. The van der Waals surface area contributed by atoms with Crippen LogP contribution in [0.15, 0.2) is 28.7 Å². The summed E-state index contributed by atoms with van der Waals surface area (Å²) in [4.78, 5) is 0. The van der Waals surface area contributed by atoms with Crippen LogP contribution in [0.2, 0.25) is 0 Å². The van der Waals surface area contributed by atoms with Crippen LogP contribution in [0.3, 0.4) is 0 Å². The molecule has 1 aromatic rings. The number of hydrogen-bond donors (Lipinski definition) is 1. The third-order valence-electron chi connectivity index (χ3n) is 1.90. The monoisotopic (exact) mass is 237 g/mol. The maximum Gasteiger partial charge on any atom is 0.0315 e. The molecular weight excluding hydrogens is 226 g/mol. The molecule has 0 amide bonds. The Bertz CT molecular complexity index is 314. The molecule has 1 aromatic carbocycles. The Balaban J connectivity index is 2.72. The van der Waals surface area contributed by atoms with Gasteiger partial charge in [-0.1, -0.05) is 34.1 Å². The average molecular weight is 238 g/mol. The summed E-state index contributed by atoms with van der Waals surface area (Å²) in [6, 6.07) is 8.00. The summed E-state index contributed by atoms with van der Waals surface area (Å²) in [7, 11) is 0. The Morgan fingerprint density at radius 1 is 1.46 bits per heavy atom. The van der Waals surface area contributed by atoms with E-state index in [2.05, 4.69) is 21.9 Å². The molecule has 0 saturated heterocycles. The summed E-state index contributed by atoms with van der Waals surface area (Å²) in [6.45, 7) is 0. The van der Waals surface area contributed by atoms with Crippen molar-refractivity contribution >= 4 is 15.9 Å². The van der Waals surface area contributed by atoms with Gasteiger partial charge in [0.15, 0.2) is 0 Å². The molecule has 1 rings (SSSR count). The van der Waals surface area contributed by atoms with E-state index in [0.29, 0.717) is 0 Å². The highest BCUT2D eigenvalue weighted by Gasteiger charge is 2.07. The number of benzene rings is 1. The Morgan fingerprint density at radius 2 is 2.15 bits per heavy atom. The van der Waals surface area contributed by atoms with Gasteiger partial charge in [-0.25, -0.2) is 0 Å². The van der Waals surface area contributed by atoms with Crippen LogP contribution >= 0.6 is 15.9 Å². The minimum Gasteiger partial charge on any atom is -0.324 e. The maximum absolute atomic E-state index is 5.96. The molecule has 1 atom stereocenters. The lowest BCUT2D eigenvalue weighted by Crippen LogP contribution is -2.10. The number of halogens is 1. The first-order valence-corrected chi connectivity index (χ1v) is 4.98. The van der Waals surface area contributed by atoms with Crippen molar-refractivity contribution in [2.24, 2.45) is 5.73 Å². The zero-order valence-electron chi connectivity index (χ0n) is 7.33. The highest BCUT2D eigenvalue weighted by atomic mass is 79.9. The van der Waals surface area contributed by atoms with Crippen molar-refractivity contribution in [2.75, 3.05) is 0 Å². The first-order chi connectivity index (χ1) is 6.25. The van der Waals surface area contributed by atoms with Crippen molar-refractivity contribution in [1.29, 1.82) is 0 Å². The number of nitrogens with two attached hydrogens (primary N) is 1. The molecule has 0 bridgehead atoms. The second kappa shape index (κ2) is 5.06. The number of rotatable bonds is 3. The molecule has 0 saturated carbocycles. The second-order valence-electron chi connectivity index (χ2n) is 2.87. The van der Waals surface area contributed by atoms with Gasteiger partial charge in [0.2, 0.25) is 0 Å². The van der Waals surface area contributed by atoms with Gasteiger partial charge in [0, 0.05) is 16.9 Å². The van der Waals surface area contributed by atoms with Gasteiger partial charge in [-0.15, -0.1) is 12.3 Å². The molecule has 0 spiro atoms. The molecule has 0 aliphatic heterocycles. The average Bonchev–Trinajstić information content (AvgIpc) is 2.15. The molecule has 13 heavy (non-hydrogen) atoms. The first-order valence-electron chi connectivity index (χ1n) is 4.19. The van der Waals surface area contributed by atoms with Gasteiger partial charge in [-0.3, -0.25) is 0 Å². The summed E-state index contributed by atoms with van der Waals surface area (Å²) in [5.74, 6) is 2.59. The number of terminal acetylenes is 1. The van der Waals surface area contributed by atoms with E-state index in [1.807, 2.05) is 24.3 Å². The lowest BCUT2D eigenvalue weighted by molar-refractivity contribution is 0.665. The van der Waals surface area contributed by atoms with Crippen molar-refractivity contribution in [2.45, 2.75) is 18.9 Å². The zero-order chi connectivity index (χ0) is 9.68. The summed E-state index contributed by atoms with van der Waals surface area (Å²) >= 11 is 3.46. The van der Waals surface area contributed by atoms with E-state index in [4.69, 9.17) is 12.2 Å². The van der Waals surface area contributed by atoms with Crippen LogP contribution in [0.5, 0.6) is 0 Å². The molecule has 0 fully saturated rings. The SMILES string of the molecule is C#CCCC(N)c1ccccc1Br. The predicted octanol–water partition coefficient (Wildman–Crippen LogP) is 2.86. The maximum atomic E-state index is 5.96. The largest absolute Gasteiger partial charge is 0.324 e. The summed E-state index contributed by atoms with van der Waals surface area (Å²) in [5, 5.41) is 0. The molecule has 2 heteroatoms. The lowest BCUT2D eigenvalue weighted by Gasteiger charge is -2.11. The fourth-order valence-corrected chi connectivity index (χ4v) is 1.75. The molecule has 0 heterocycles. The fourth-order valence-electron chi connectivity index (χ4n) is 1.17. The van der Waals surface area contributed by atoms with Crippen LogP contribution in [-0.4, -0.2) is 0 Å². The van der Waals surface area contributed by atoms with Gasteiger partial charge in [-0.05, 0) is 18.1 Å². The van der Waals surface area contributed by atoms with Crippen molar-refractivity contribution in [3.63, 3.8) is 0 Å². The lowest BCUT2D eigenvalue weighted by atomic mass is 10.0. The van der Waals surface area contributed by atoms with E-state index in [9.17, 15) is 0 Å². The zero-order valence-corrected chi connectivity index (χ0v) is 8.92. The second-order valence-corrected chi connectivity index (χ2v) is 3.73. The van der Waals surface area contributed by atoms with Crippen LogP contribution in [0.1, 0.15) is 24.4 Å². The molecule has 0 aromatic heterocycles. The van der Waals surface area contributed by atoms with Gasteiger partial charge in [0.25, 0.3) is 0 Å². The van der Waals surface area contributed by atoms with Gasteiger partial charge in [0.05, 0.1) is 0 Å². The topological polar surface area (TPSA) is 26.0 Å².